The Bertz CT molecular complexity index is 546. The zero-order valence-corrected chi connectivity index (χ0v) is 11.2. The number of alkyl halides is 3. The Kier molecular flexibility index (Phi) is 3.96. The molecule has 0 radical (unpaired) electrons. The molecule has 0 saturated heterocycles. The quantitative estimate of drug-likeness (QED) is 0.845. The number of aliphatic hydroxyl groups is 1. The molecule has 19 heavy (non-hydrogen) atoms. The fourth-order valence-corrected chi connectivity index (χ4v) is 1.95. The minimum atomic E-state index is -4.64. The van der Waals surface area contributed by atoms with Crippen LogP contribution in [0.1, 0.15) is 11.7 Å². The van der Waals surface area contributed by atoms with Crippen molar-refractivity contribution < 1.29 is 18.3 Å². The molecule has 1 N–H and O–H groups in total. The van der Waals surface area contributed by atoms with E-state index in [9.17, 15) is 13.2 Å². The van der Waals surface area contributed by atoms with Crippen molar-refractivity contribution in [3.63, 3.8) is 0 Å². The van der Waals surface area contributed by atoms with E-state index in [4.69, 9.17) is 5.11 Å². The number of aliphatic hydroxyl groups excluding tert-OH is 1. The van der Waals surface area contributed by atoms with Gasteiger partial charge in [-0.3, -0.25) is 0 Å². The zero-order valence-electron chi connectivity index (χ0n) is 9.66. The number of benzene rings is 2. The number of hydrogen-bond donors (Lipinski definition) is 1. The second-order valence-electron chi connectivity index (χ2n) is 4.07. The largest absolute Gasteiger partial charge is 0.418 e. The molecule has 2 aromatic rings. The number of halogens is 4. The second-order valence-corrected chi connectivity index (χ2v) is 4.99. The lowest BCUT2D eigenvalue weighted by molar-refractivity contribution is -0.206. The van der Waals surface area contributed by atoms with Gasteiger partial charge in [-0.1, -0.05) is 52.3 Å². The Morgan fingerprint density at radius 1 is 0.842 bits per heavy atom. The summed E-state index contributed by atoms with van der Waals surface area (Å²) in [6.45, 7) is 0. The van der Waals surface area contributed by atoms with E-state index in [-0.39, 0.29) is 5.56 Å². The van der Waals surface area contributed by atoms with Crippen LogP contribution in [0.3, 0.4) is 0 Å². The van der Waals surface area contributed by atoms with E-state index in [1.165, 1.54) is 12.1 Å². The predicted molar refractivity (Wildman–Crippen MR) is 70.6 cm³/mol. The molecular formula is C14H10BrF3O. The van der Waals surface area contributed by atoms with Crippen molar-refractivity contribution in [1.29, 1.82) is 0 Å². The third-order valence-electron chi connectivity index (χ3n) is 2.71. The van der Waals surface area contributed by atoms with Gasteiger partial charge in [0.15, 0.2) is 6.10 Å². The summed E-state index contributed by atoms with van der Waals surface area (Å²) in [5.41, 5.74) is 1.54. The molecule has 0 fully saturated rings. The molecule has 0 saturated carbocycles. The van der Waals surface area contributed by atoms with Gasteiger partial charge in [-0.25, -0.2) is 0 Å². The molecule has 5 heteroatoms. The van der Waals surface area contributed by atoms with Crippen molar-refractivity contribution in [1.82, 2.24) is 0 Å². The molecule has 1 atom stereocenters. The first kappa shape index (κ1) is 14.1. The van der Waals surface area contributed by atoms with E-state index >= 15 is 0 Å². The molecular weight excluding hydrogens is 321 g/mol. The van der Waals surface area contributed by atoms with Gasteiger partial charge >= 0.3 is 6.18 Å². The summed E-state index contributed by atoms with van der Waals surface area (Å²) in [5.74, 6) is 0. The van der Waals surface area contributed by atoms with Gasteiger partial charge in [-0.2, -0.15) is 13.2 Å². The van der Waals surface area contributed by atoms with Gasteiger partial charge < -0.3 is 5.11 Å². The smallest absolute Gasteiger partial charge is 0.379 e. The molecule has 0 bridgehead atoms. The van der Waals surface area contributed by atoms with Gasteiger partial charge in [0.05, 0.1) is 0 Å². The van der Waals surface area contributed by atoms with E-state index in [2.05, 4.69) is 15.9 Å². The average Bonchev–Trinajstić information content (AvgIpc) is 2.38. The maximum absolute atomic E-state index is 12.3. The Morgan fingerprint density at radius 2 is 1.26 bits per heavy atom. The highest BCUT2D eigenvalue weighted by Gasteiger charge is 2.39. The van der Waals surface area contributed by atoms with Crippen LogP contribution in [-0.4, -0.2) is 11.3 Å². The molecule has 0 aromatic heterocycles. The van der Waals surface area contributed by atoms with E-state index in [0.29, 0.717) is 0 Å². The lowest BCUT2D eigenvalue weighted by Gasteiger charge is -2.15. The van der Waals surface area contributed by atoms with Crippen molar-refractivity contribution >= 4 is 15.9 Å². The van der Waals surface area contributed by atoms with Crippen LogP contribution in [0, 0.1) is 0 Å². The van der Waals surface area contributed by atoms with E-state index in [0.717, 1.165) is 15.6 Å². The summed E-state index contributed by atoms with van der Waals surface area (Å²) in [4.78, 5) is 0. The third-order valence-corrected chi connectivity index (χ3v) is 3.24. The van der Waals surface area contributed by atoms with Crippen LogP contribution in [0.4, 0.5) is 13.2 Å². The Labute approximate surface area is 116 Å². The molecule has 0 aliphatic heterocycles. The molecule has 0 amide bonds. The summed E-state index contributed by atoms with van der Waals surface area (Å²) in [6.07, 6.45) is -7.08. The van der Waals surface area contributed by atoms with Gasteiger partial charge in [0.1, 0.15) is 0 Å². The Hall–Kier alpha value is -1.33. The molecule has 1 nitrogen and oxygen atoms in total. The van der Waals surface area contributed by atoms with Crippen LogP contribution < -0.4 is 0 Å². The molecule has 2 rings (SSSR count). The maximum atomic E-state index is 12.3. The van der Waals surface area contributed by atoms with Gasteiger partial charge in [0.2, 0.25) is 0 Å². The minimum absolute atomic E-state index is 0.159. The minimum Gasteiger partial charge on any atom is -0.379 e. The number of hydrogen-bond acceptors (Lipinski definition) is 1. The molecule has 0 unspecified atom stereocenters. The monoisotopic (exact) mass is 330 g/mol. The lowest BCUT2D eigenvalue weighted by Crippen LogP contribution is -2.19. The van der Waals surface area contributed by atoms with Crippen LogP contribution in [0.25, 0.3) is 11.1 Å². The van der Waals surface area contributed by atoms with E-state index < -0.39 is 12.3 Å². The topological polar surface area (TPSA) is 20.2 Å². The Morgan fingerprint density at radius 3 is 1.68 bits per heavy atom. The highest BCUT2D eigenvalue weighted by molar-refractivity contribution is 9.10. The standard InChI is InChI=1S/C14H10BrF3O/c15-12-7-5-10(6-8-12)9-1-3-11(4-2-9)13(19)14(16,17)18/h1-8,13,19H/t13-/m0/s1. The van der Waals surface area contributed by atoms with Crippen molar-refractivity contribution in [3.05, 3.63) is 58.6 Å². The highest BCUT2D eigenvalue weighted by atomic mass is 79.9. The first-order chi connectivity index (χ1) is 8.88. The first-order valence-corrected chi connectivity index (χ1v) is 6.28. The average molecular weight is 331 g/mol. The first-order valence-electron chi connectivity index (χ1n) is 5.48. The summed E-state index contributed by atoms with van der Waals surface area (Å²) in [5, 5.41) is 9.12. The molecule has 100 valence electrons. The molecule has 2 aromatic carbocycles. The Balaban J connectivity index is 2.26. The van der Waals surface area contributed by atoms with Crippen LogP contribution in [0.2, 0.25) is 0 Å². The van der Waals surface area contributed by atoms with Gasteiger partial charge in [-0.15, -0.1) is 0 Å². The molecule has 0 aliphatic carbocycles. The fraction of sp³-hybridized carbons (Fsp3) is 0.143. The molecule has 0 heterocycles. The van der Waals surface area contributed by atoms with Crippen LogP contribution in [0.5, 0.6) is 0 Å². The van der Waals surface area contributed by atoms with Crippen LogP contribution in [0.15, 0.2) is 53.0 Å². The summed E-state index contributed by atoms with van der Waals surface area (Å²) in [7, 11) is 0. The summed E-state index contributed by atoms with van der Waals surface area (Å²) in [6, 6.07) is 13.1. The van der Waals surface area contributed by atoms with Gasteiger partial charge in [-0.05, 0) is 28.8 Å². The molecule has 0 aliphatic rings. The van der Waals surface area contributed by atoms with E-state index in [1.807, 2.05) is 24.3 Å². The zero-order chi connectivity index (χ0) is 14.0. The lowest BCUT2D eigenvalue weighted by atomic mass is 10.0. The number of rotatable bonds is 2. The maximum Gasteiger partial charge on any atom is 0.418 e. The fourth-order valence-electron chi connectivity index (χ4n) is 1.69. The predicted octanol–water partition coefficient (Wildman–Crippen LogP) is 4.71. The van der Waals surface area contributed by atoms with Crippen molar-refractivity contribution in [2.24, 2.45) is 0 Å². The van der Waals surface area contributed by atoms with Crippen molar-refractivity contribution in [2.75, 3.05) is 0 Å². The molecule has 0 spiro atoms. The third kappa shape index (κ3) is 3.36. The SMILES string of the molecule is O[C@@H](c1ccc(-c2ccc(Br)cc2)cc1)C(F)(F)F. The van der Waals surface area contributed by atoms with Gasteiger partial charge in [0, 0.05) is 4.47 Å². The normalized spacial score (nSPS) is 13.3. The van der Waals surface area contributed by atoms with Crippen LogP contribution >= 0.6 is 15.9 Å². The van der Waals surface area contributed by atoms with Crippen molar-refractivity contribution in [3.8, 4) is 11.1 Å². The summed E-state index contributed by atoms with van der Waals surface area (Å²) < 4.78 is 38.0. The highest BCUT2D eigenvalue weighted by Crippen LogP contribution is 2.33. The van der Waals surface area contributed by atoms with Crippen LogP contribution in [-0.2, 0) is 0 Å². The van der Waals surface area contributed by atoms with Crippen molar-refractivity contribution in [2.45, 2.75) is 12.3 Å². The van der Waals surface area contributed by atoms with Gasteiger partial charge in [0.25, 0.3) is 0 Å². The van der Waals surface area contributed by atoms with E-state index in [1.54, 1.807) is 12.1 Å². The summed E-state index contributed by atoms with van der Waals surface area (Å²) >= 11 is 3.31. The second kappa shape index (κ2) is 5.35.